The SMILES string of the molecule is Cc1ccccc1C[NH+](C)[C@@H](C)C(=O)Nc1cccc2ccccc12. The minimum atomic E-state index is -0.140. The Kier molecular flexibility index (Phi) is 5.15. The summed E-state index contributed by atoms with van der Waals surface area (Å²) >= 11 is 0. The molecule has 0 saturated heterocycles. The summed E-state index contributed by atoms with van der Waals surface area (Å²) in [7, 11) is 2.07. The van der Waals surface area contributed by atoms with Gasteiger partial charge in [0.1, 0.15) is 6.54 Å². The minimum Gasteiger partial charge on any atom is -0.324 e. The van der Waals surface area contributed by atoms with Gasteiger partial charge in [-0.15, -0.1) is 0 Å². The monoisotopic (exact) mass is 333 g/mol. The Hall–Kier alpha value is -2.65. The highest BCUT2D eigenvalue weighted by molar-refractivity contribution is 6.03. The lowest BCUT2D eigenvalue weighted by molar-refractivity contribution is -0.907. The lowest BCUT2D eigenvalue weighted by atomic mass is 10.1. The first kappa shape index (κ1) is 17.2. The number of anilines is 1. The van der Waals surface area contributed by atoms with E-state index in [1.165, 1.54) is 16.0 Å². The topological polar surface area (TPSA) is 33.5 Å². The molecule has 1 unspecified atom stereocenters. The van der Waals surface area contributed by atoms with Crippen molar-refractivity contribution in [3.05, 3.63) is 77.9 Å². The number of carbonyl (C=O) groups is 1. The van der Waals surface area contributed by atoms with E-state index in [-0.39, 0.29) is 11.9 Å². The number of aryl methyl sites for hydroxylation is 1. The van der Waals surface area contributed by atoms with Crippen molar-refractivity contribution in [3.63, 3.8) is 0 Å². The smallest absolute Gasteiger partial charge is 0.282 e. The lowest BCUT2D eigenvalue weighted by Crippen LogP contribution is -3.12. The molecule has 2 atom stereocenters. The third-order valence-corrected chi connectivity index (χ3v) is 4.91. The van der Waals surface area contributed by atoms with Crippen LogP contribution in [0.1, 0.15) is 18.1 Å². The number of amides is 1. The van der Waals surface area contributed by atoms with Crippen LogP contribution < -0.4 is 10.2 Å². The highest BCUT2D eigenvalue weighted by atomic mass is 16.2. The summed E-state index contributed by atoms with van der Waals surface area (Å²) < 4.78 is 0. The van der Waals surface area contributed by atoms with Gasteiger partial charge in [0.05, 0.1) is 7.05 Å². The van der Waals surface area contributed by atoms with Crippen molar-refractivity contribution in [2.24, 2.45) is 0 Å². The van der Waals surface area contributed by atoms with Crippen LogP contribution in [0.4, 0.5) is 5.69 Å². The summed E-state index contributed by atoms with van der Waals surface area (Å²) in [6.45, 7) is 4.92. The maximum atomic E-state index is 12.7. The summed E-state index contributed by atoms with van der Waals surface area (Å²) in [6, 6.07) is 22.3. The Balaban J connectivity index is 1.73. The molecule has 0 aromatic heterocycles. The van der Waals surface area contributed by atoms with Crippen molar-refractivity contribution < 1.29 is 9.69 Å². The lowest BCUT2D eigenvalue weighted by Gasteiger charge is -2.22. The molecule has 0 aliphatic rings. The zero-order valence-electron chi connectivity index (χ0n) is 15.0. The second-order valence-electron chi connectivity index (χ2n) is 6.69. The normalized spacial score (nSPS) is 13.4. The quantitative estimate of drug-likeness (QED) is 0.739. The Morgan fingerprint density at radius 2 is 1.68 bits per heavy atom. The van der Waals surface area contributed by atoms with Gasteiger partial charge in [-0.05, 0) is 30.9 Å². The van der Waals surface area contributed by atoms with Crippen LogP contribution in [-0.2, 0) is 11.3 Å². The number of fused-ring (bicyclic) bond motifs is 1. The molecule has 0 radical (unpaired) electrons. The molecule has 0 fully saturated rings. The second-order valence-corrected chi connectivity index (χ2v) is 6.69. The molecular formula is C22H25N2O+. The van der Waals surface area contributed by atoms with Crippen molar-refractivity contribution in [3.8, 4) is 0 Å². The van der Waals surface area contributed by atoms with E-state index < -0.39 is 0 Å². The third-order valence-electron chi connectivity index (χ3n) is 4.91. The first-order valence-corrected chi connectivity index (χ1v) is 8.71. The number of nitrogens with one attached hydrogen (secondary N) is 2. The van der Waals surface area contributed by atoms with E-state index in [0.717, 1.165) is 23.0 Å². The fourth-order valence-electron chi connectivity index (χ4n) is 3.06. The Morgan fingerprint density at radius 3 is 2.48 bits per heavy atom. The van der Waals surface area contributed by atoms with Gasteiger partial charge in [0.15, 0.2) is 6.04 Å². The molecule has 0 aliphatic carbocycles. The predicted molar refractivity (Wildman–Crippen MR) is 104 cm³/mol. The van der Waals surface area contributed by atoms with Crippen molar-refractivity contribution in [2.75, 3.05) is 12.4 Å². The molecular weight excluding hydrogens is 308 g/mol. The molecule has 0 bridgehead atoms. The predicted octanol–water partition coefficient (Wildman–Crippen LogP) is 3.19. The standard InChI is InChI=1S/C22H24N2O/c1-16-9-4-5-11-19(16)15-24(3)17(2)22(25)23-21-14-8-12-18-10-6-7-13-20(18)21/h4-14,17H,15H2,1-3H3,(H,23,25)/p+1/t17-/m0/s1. The highest BCUT2D eigenvalue weighted by Crippen LogP contribution is 2.22. The molecule has 3 nitrogen and oxygen atoms in total. The molecule has 0 spiro atoms. The third kappa shape index (κ3) is 3.89. The maximum Gasteiger partial charge on any atom is 0.282 e. The molecule has 0 aliphatic heterocycles. The summed E-state index contributed by atoms with van der Waals surface area (Å²) in [6.07, 6.45) is 0. The van der Waals surface area contributed by atoms with E-state index in [1.807, 2.05) is 43.3 Å². The molecule has 3 aromatic carbocycles. The van der Waals surface area contributed by atoms with Gasteiger partial charge < -0.3 is 10.2 Å². The number of likely N-dealkylation sites (N-methyl/N-ethyl adjacent to an activating group) is 1. The van der Waals surface area contributed by atoms with E-state index in [2.05, 4.69) is 49.6 Å². The van der Waals surface area contributed by atoms with Gasteiger partial charge in [-0.25, -0.2) is 0 Å². The zero-order valence-corrected chi connectivity index (χ0v) is 15.0. The average molecular weight is 333 g/mol. The fraction of sp³-hybridized carbons (Fsp3) is 0.227. The summed E-state index contributed by atoms with van der Waals surface area (Å²) in [4.78, 5) is 13.9. The van der Waals surface area contributed by atoms with Gasteiger partial charge >= 0.3 is 0 Å². The molecule has 2 N–H and O–H groups in total. The number of carbonyl (C=O) groups excluding carboxylic acids is 1. The molecule has 128 valence electrons. The molecule has 1 amide bonds. The summed E-state index contributed by atoms with van der Waals surface area (Å²) in [5.74, 6) is 0.0439. The van der Waals surface area contributed by atoms with Crippen molar-refractivity contribution in [1.82, 2.24) is 0 Å². The van der Waals surface area contributed by atoms with E-state index in [1.54, 1.807) is 0 Å². The van der Waals surface area contributed by atoms with Gasteiger partial charge in [-0.2, -0.15) is 0 Å². The highest BCUT2D eigenvalue weighted by Gasteiger charge is 2.22. The number of quaternary nitrogens is 1. The Bertz CT molecular complexity index is 883. The number of benzene rings is 3. The van der Waals surface area contributed by atoms with Crippen LogP contribution in [0.5, 0.6) is 0 Å². The zero-order chi connectivity index (χ0) is 17.8. The van der Waals surface area contributed by atoms with Crippen LogP contribution in [0.3, 0.4) is 0 Å². The number of hydrogen-bond donors (Lipinski definition) is 2. The largest absolute Gasteiger partial charge is 0.324 e. The van der Waals surface area contributed by atoms with E-state index in [9.17, 15) is 4.79 Å². The number of rotatable bonds is 5. The molecule has 3 rings (SSSR count). The maximum absolute atomic E-state index is 12.7. The van der Waals surface area contributed by atoms with Crippen LogP contribution in [0.2, 0.25) is 0 Å². The van der Waals surface area contributed by atoms with E-state index in [0.29, 0.717) is 0 Å². The summed E-state index contributed by atoms with van der Waals surface area (Å²) in [5.41, 5.74) is 3.42. The van der Waals surface area contributed by atoms with Crippen LogP contribution in [0.25, 0.3) is 10.8 Å². The minimum absolute atomic E-state index is 0.0439. The van der Waals surface area contributed by atoms with Crippen LogP contribution in [-0.4, -0.2) is 19.0 Å². The molecule has 0 heterocycles. The fourth-order valence-corrected chi connectivity index (χ4v) is 3.06. The molecule has 25 heavy (non-hydrogen) atoms. The van der Waals surface area contributed by atoms with E-state index >= 15 is 0 Å². The average Bonchev–Trinajstić information content (AvgIpc) is 2.63. The first-order chi connectivity index (χ1) is 12.1. The van der Waals surface area contributed by atoms with Crippen molar-refractivity contribution in [2.45, 2.75) is 26.4 Å². The van der Waals surface area contributed by atoms with Gasteiger partial charge in [-0.3, -0.25) is 4.79 Å². The molecule has 3 heteroatoms. The van der Waals surface area contributed by atoms with E-state index in [4.69, 9.17) is 0 Å². The Morgan fingerprint density at radius 1 is 1.00 bits per heavy atom. The second kappa shape index (κ2) is 7.49. The van der Waals surface area contributed by atoms with Crippen LogP contribution in [0, 0.1) is 6.92 Å². The van der Waals surface area contributed by atoms with Crippen molar-refractivity contribution >= 4 is 22.4 Å². The van der Waals surface area contributed by atoms with Gasteiger partial charge in [-0.1, -0.05) is 60.7 Å². The van der Waals surface area contributed by atoms with Crippen LogP contribution >= 0.6 is 0 Å². The Labute approximate surface area is 149 Å². The van der Waals surface area contributed by atoms with Crippen LogP contribution in [0.15, 0.2) is 66.7 Å². The van der Waals surface area contributed by atoms with Crippen molar-refractivity contribution in [1.29, 1.82) is 0 Å². The van der Waals surface area contributed by atoms with Gasteiger partial charge in [0.2, 0.25) is 0 Å². The number of hydrogen-bond acceptors (Lipinski definition) is 1. The first-order valence-electron chi connectivity index (χ1n) is 8.71. The summed E-state index contributed by atoms with van der Waals surface area (Å²) in [5, 5.41) is 5.31. The molecule has 0 saturated carbocycles. The molecule has 3 aromatic rings. The van der Waals surface area contributed by atoms with Gasteiger partial charge in [0.25, 0.3) is 5.91 Å². The van der Waals surface area contributed by atoms with Gasteiger partial charge in [0, 0.05) is 16.6 Å².